The normalized spacial score (nSPS) is 13.2. The summed E-state index contributed by atoms with van der Waals surface area (Å²) < 4.78 is 44.8. The number of benzene rings is 3. The van der Waals surface area contributed by atoms with Gasteiger partial charge in [-0.2, -0.15) is 9.37 Å². The molecule has 230 valence electrons. The van der Waals surface area contributed by atoms with Crippen molar-refractivity contribution in [2.45, 2.75) is 44.2 Å². The van der Waals surface area contributed by atoms with E-state index >= 15 is 0 Å². The molecule has 0 saturated heterocycles. The number of hydrogen-bond acceptors (Lipinski definition) is 9. The number of nitro groups is 1. The fourth-order valence-electron chi connectivity index (χ4n) is 4.54. The van der Waals surface area contributed by atoms with E-state index in [-0.39, 0.29) is 60.9 Å². The van der Waals surface area contributed by atoms with E-state index in [1.54, 1.807) is 36.4 Å². The molecule has 1 aliphatic heterocycles. The molecule has 1 unspecified atom stereocenters. The average molecular weight is 616 g/mol. The summed E-state index contributed by atoms with van der Waals surface area (Å²) in [6.45, 7) is 4.09. The van der Waals surface area contributed by atoms with E-state index < -0.39 is 27.1 Å². The molecule has 0 aliphatic carbocycles. The summed E-state index contributed by atoms with van der Waals surface area (Å²) >= 11 is 0. The Morgan fingerprint density at radius 3 is 2.30 bits per heavy atom. The first-order valence-corrected chi connectivity index (χ1v) is 14.9. The Kier molecular flexibility index (Phi) is 10.1. The number of nitro benzene ring substituents is 1. The Labute approximate surface area is 249 Å². The van der Waals surface area contributed by atoms with E-state index in [0.29, 0.717) is 22.8 Å². The number of amides is 1. The first-order valence-electron chi connectivity index (χ1n) is 13.5. The van der Waals surface area contributed by atoms with E-state index in [9.17, 15) is 33.6 Å². The highest BCUT2D eigenvalue weighted by atomic mass is 32.2. The zero-order valence-electron chi connectivity index (χ0n) is 23.7. The second-order valence-electron chi connectivity index (χ2n) is 10.4. The Hall–Kier alpha value is -4.40. The van der Waals surface area contributed by atoms with Gasteiger partial charge in [-0.1, -0.05) is 26.0 Å². The molecule has 1 amide bonds. The second kappa shape index (κ2) is 13.7. The lowest BCUT2D eigenvalue weighted by atomic mass is 10.0. The van der Waals surface area contributed by atoms with E-state index in [4.69, 9.17) is 14.2 Å². The lowest BCUT2D eigenvalue weighted by Gasteiger charge is -2.28. The fourth-order valence-corrected chi connectivity index (χ4v) is 6.17. The van der Waals surface area contributed by atoms with Crippen molar-refractivity contribution in [3.05, 3.63) is 88.0 Å². The number of ether oxygens (including phenoxy) is 3. The van der Waals surface area contributed by atoms with Crippen LogP contribution in [-0.2, 0) is 23.1 Å². The summed E-state index contributed by atoms with van der Waals surface area (Å²) in [6, 6.07) is 16.3. The monoisotopic (exact) mass is 615 g/mol. The molecule has 13 nitrogen and oxygen atoms in total. The van der Waals surface area contributed by atoms with Gasteiger partial charge in [0.05, 0.1) is 15.9 Å². The van der Waals surface area contributed by atoms with E-state index in [1.165, 1.54) is 34.6 Å². The van der Waals surface area contributed by atoms with Gasteiger partial charge in [-0.05, 0) is 66.3 Å². The number of carboxylic acid groups (broad SMARTS) is 1. The number of rotatable bonds is 14. The summed E-state index contributed by atoms with van der Waals surface area (Å²) in [4.78, 5) is 22.0. The molecule has 2 N–H and O–H groups in total. The smallest absolute Gasteiger partial charge is 0.431 e. The topological polar surface area (TPSA) is 169 Å². The van der Waals surface area contributed by atoms with E-state index in [0.717, 1.165) is 5.56 Å². The predicted molar refractivity (Wildman–Crippen MR) is 154 cm³/mol. The fraction of sp³-hybridized carbons (Fsp3) is 0.345. The van der Waals surface area contributed by atoms with Gasteiger partial charge < -0.3 is 19.3 Å². The molecule has 3 aromatic carbocycles. The molecule has 4 rings (SSSR count). The number of nitrogens with zero attached hydrogens (tertiary/aromatic N) is 3. The van der Waals surface area contributed by atoms with Crippen LogP contribution in [0.25, 0.3) is 0 Å². The van der Waals surface area contributed by atoms with E-state index in [1.807, 2.05) is 13.8 Å². The highest BCUT2D eigenvalue weighted by molar-refractivity contribution is 7.89. The molecule has 0 fully saturated rings. The van der Waals surface area contributed by atoms with Crippen molar-refractivity contribution in [3.8, 4) is 17.2 Å². The van der Waals surface area contributed by atoms with Crippen LogP contribution < -0.4 is 14.2 Å². The van der Waals surface area contributed by atoms with Crippen molar-refractivity contribution in [2.24, 2.45) is 5.92 Å². The first-order chi connectivity index (χ1) is 20.4. The van der Waals surface area contributed by atoms with Crippen LogP contribution in [0.5, 0.6) is 17.2 Å². The molecule has 0 saturated carbocycles. The van der Waals surface area contributed by atoms with Gasteiger partial charge in [0.1, 0.15) is 12.4 Å². The highest BCUT2D eigenvalue weighted by Crippen LogP contribution is 2.35. The third-order valence-corrected chi connectivity index (χ3v) is 8.61. The quantitative estimate of drug-likeness (QED) is 0.144. The van der Waals surface area contributed by atoms with Gasteiger partial charge in [-0.25, -0.2) is 13.2 Å². The van der Waals surface area contributed by atoms with Gasteiger partial charge in [-0.3, -0.25) is 15.3 Å². The van der Waals surface area contributed by atoms with E-state index in [2.05, 4.69) is 0 Å². The maximum absolute atomic E-state index is 13.6. The van der Waals surface area contributed by atoms with Crippen LogP contribution in [0, 0.1) is 16.0 Å². The summed E-state index contributed by atoms with van der Waals surface area (Å²) in [7, 11) is -3.97. The van der Waals surface area contributed by atoms with Crippen LogP contribution in [0.3, 0.4) is 0 Å². The third kappa shape index (κ3) is 8.12. The third-order valence-electron chi connectivity index (χ3n) is 6.75. The maximum Gasteiger partial charge on any atom is 0.431 e. The Bertz CT molecular complexity index is 1530. The molecule has 43 heavy (non-hydrogen) atoms. The molecule has 3 aromatic rings. The van der Waals surface area contributed by atoms with Crippen molar-refractivity contribution >= 4 is 21.8 Å². The van der Waals surface area contributed by atoms with Gasteiger partial charge in [0, 0.05) is 31.3 Å². The molecule has 0 radical (unpaired) electrons. The number of sulfonamides is 1. The summed E-state index contributed by atoms with van der Waals surface area (Å²) in [6.07, 6.45) is -1.41. The number of non-ortho nitro benzene ring substituents is 1. The lowest BCUT2D eigenvalue weighted by Crippen LogP contribution is -2.42. The molecule has 1 heterocycles. The van der Waals surface area contributed by atoms with Crippen LogP contribution in [-0.4, -0.2) is 65.0 Å². The molecular formula is C29H33N3O10S. The highest BCUT2D eigenvalue weighted by Gasteiger charge is 2.30. The van der Waals surface area contributed by atoms with Gasteiger partial charge in [0.25, 0.3) is 5.69 Å². The van der Waals surface area contributed by atoms with Gasteiger partial charge in [-0.15, -0.1) is 0 Å². The van der Waals surface area contributed by atoms with Crippen LogP contribution in [0.15, 0.2) is 71.6 Å². The molecule has 0 spiro atoms. The standard InChI is InChI=1S/C29H33N3O10S/c1-20(2)17-30(43(38,39)26-11-12-27-28(16-26)42-19-41-27)14-13-24(31(35)29(33)34)15-21-5-9-25(10-6-21)40-18-22-3-7-23(8-4-22)32(36)37/h3-12,16,20,24,35H,13-15,17-19H2,1-2H3,(H,33,34). The second-order valence-corrected chi connectivity index (χ2v) is 12.3. The van der Waals surface area contributed by atoms with Gasteiger partial charge in [0.2, 0.25) is 16.8 Å². The number of hydrogen-bond donors (Lipinski definition) is 2. The first kappa shape index (κ1) is 31.5. The summed E-state index contributed by atoms with van der Waals surface area (Å²) in [5, 5.41) is 30.9. The Morgan fingerprint density at radius 1 is 1.02 bits per heavy atom. The Balaban J connectivity index is 1.43. The average Bonchev–Trinajstić information content (AvgIpc) is 3.46. The van der Waals surface area contributed by atoms with Crippen LogP contribution in [0.1, 0.15) is 31.4 Å². The van der Waals surface area contributed by atoms with Crippen molar-refractivity contribution in [3.63, 3.8) is 0 Å². The maximum atomic E-state index is 13.6. The van der Waals surface area contributed by atoms with Crippen molar-refractivity contribution < 1.29 is 42.7 Å². The lowest BCUT2D eigenvalue weighted by molar-refractivity contribution is -0.384. The molecular weight excluding hydrogens is 582 g/mol. The van der Waals surface area contributed by atoms with Crippen LogP contribution in [0.4, 0.5) is 10.5 Å². The molecule has 0 aromatic heterocycles. The minimum Gasteiger partial charge on any atom is -0.489 e. The minimum atomic E-state index is -3.97. The molecule has 0 bridgehead atoms. The Morgan fingerprint density at radius 2 is 1.67 bits per heavy atom. The van der Waals surface area contributed by atoms with Crippen molar-refractivity contribution in [1.82, 2.24) is 9.37 Å². The van der Waals surface area contributed by atoms with Gasteiger partial charge >= 0.3 is 6.09 Å². The number of hydroxylamine groups is 2. The number of carbonyl (C=O) groups is 1. The summed E-state index contributed by atoms with van der Waals surface area (Å²) in [5.74, 6) is 1.28. The number of fused-ring (bicyclic) bond motifs is 1. The minimum absolute atomic E-state index is 0.00460. The van der Waals surface area contributed by atoms with Crippen LogP contribution in [0.2, 0.25) is 0 Å². The van der Waals surface area contributed by atoms with Gasteiger partial charge in [0.15, 0.2) is 11.5 Å². The molecule has 14 heteroatoms. The van der Waals surface area contributed by atoms with Crippen molar-refractivity contribution in [1.29, 1.82) is 0 Å². The van der Waals surface area contributed by atoms with Crippen LogP contribution >= 0.6 is 0 Å². The van der Waals surface area contributed by atoms with Crippen molar-refractivity contribution in [2.75, 3.05) is 19.9 Å². The zero-order valence-corrected chi connectivity index (χ0v) is 24.5. The largest absolute Gasteiger partial charge is 0.489 e. The molecule has 1 atom stereocenters. The summed E-state index contributed by atoms with van der Waals surface area (Å²) in [5.41, 5.74) is 1.43. The zero-order chi connectivity index (χ0) is 31.1. The SMILES string of the molecule is CC(C)CN(CCC(Cc1ccc(OCc2ccc([N+](=O)[O-])cc2)cc1)N(O)C(=O)O)S(=O)(=O)c1ccc2c(c1)OCO2. The molecule has 1 aliphatic rings. The predicted octanol–water partition coefficient (Wildman–Crippen LogP) is 4.92.